The minimum atomic E-state index is -1.46. The molecule has 4 N–H and O–H groups in total. The van der Waals surface area contributed by atoms with Crippen LogP contribution in [0.1, 0.15) is 65.9 Å². The largest absolute Gasteiger partial charge is 0.399 e. The number of alkyl halides is 1. The molecule has 2 aromatic rings. The number of hydrogen-bond donors (Lipinski definition) is 3. The number of urea groups is 1. The number of ether oxygens (including phenoxy) is 1. The standard InChI is InChI=1S/C27H33FN4O3/c28-27(20-5-7-21(29)8-6-20)11-13-32(14-12-27)25(33)19-4-9-23(18-2-1-3-18)24(16-19)31-26(34)30-22-10-15-35-17-22/h4-9,16,18,22H,1-3,10-15,17,29H2,(H2,30,31,34)/t22-/m1/s1. The molecule has 0 radical (unpaired) electrons. The molecule has 3 aliphatic rings. The number of benzene rings is 2. The number of anilines is 2. The highest BCUT2D eigenvalue weighted by atomic mass is 19.1. The van der Waals surface area contributed by atoms with Gasteiger partial charge in [-0.3, -0.25) is 4.79 Å². The van der Waals surface area contributed by atoms with Crippen molar-refractivity contribution in [3.05, 3.63) is 59.2 Å². The van der Waals surface area contributed by atoms with Crippen LogP contribution in [-0.4, -0.2) is 49.2 Å². The average molecular weight is 481 g/mol. The van der Waals surface area contributed by atoms with Crippen LogP contribution < -0.4 is 16.4 Å². The molecule has 2 saturated heterocycles. The van der Waals surface area contributed by atoms with E-state index in [1.807, 2.05) is 12.1 Å². The quantitative estimate of drug-likeness (QED) is 0.547. The van der Waals surface area contributed by atoms with Gasteiger partial charge in [0, 0.05) is 49.5 Å². The van der Waals surface area contributed by atoms with Gasteiger partial charge in [0.25, 0.3) is 5.91 Å². The van der Waals surface area contributed by atoms with Gasteiger partial charge in [-0.05, 0) is 60.6 Å². The smallest absolute Gasteiger partial charge is 0.319 e. The van der Waals surface area contributed by atoms with Gasteiger partial charge >= 0.3 is 6.03 Å². The first kappa shape index (κ1) is 23.6. The Morgan fingerprint density at radius 1 is 1.06 bits per heavy atom. The minimum Gasteiger partial charge on any atom is -0.399 e. The number of piperidine rings is 1. The second-order valence-electron chi connectivity index (χ2n) is 9.97. The second kappa shape index (κ2) is 9.85. The molecule has 2 aromatic carbocycles. The zero-order chi connectivity index (χ0) is 24.4. The summed E-state index contributed by atoms with van der Waals surface area (Å²) in [5.74, 6) is 0.253. The normalized spacial score (nSPS) is 21.9. The Hall–Kier alpha value is -3.13. The molecule has 1 saturated carbocycles. The van der Waals surface area contributed by atoms with Gasteiger partial charge in [0.05, 0.1) is 12.6 Å². The zero-order valence-corrected chi connectivity index (χ0v) is 19.9. The highest BCUT2D eigenvalue weighted by molar-refractivity contribution is 5.97. The molecule has 2 heterocycles. The van der Waals surface area contributed by atoms with E-state index in [-0.39, 0.29) is 30.8 Å². The molecule has 0 spiro atoms. The maximum Gasteiger partial charge on any atom is 0.319 e. The molecule has 35 heavy (non-hydrogen) atoms. The molecule has 1 aliphatic carbocycles. The van der Waals surface area contributed by atoms with Crippen LogP contribution >= 0.6 is 0 Å². The van der Waals surface area contributed by atoms with Crippen molar-refractivity contribution in [1.29, 1.82) is 0 Å². The minimum absolute atomic E-state index is 0.00217. The highest BCUT2D eigenvalue weighted by Gasteiger charge is 2.38. The highest BCUT2D eigenvalue weighted by Crippen LogP contribution is 2.41. The average Bonchev–Trinajstić information content (AvgIpc) is 3.32. The van der Waals surface area contributed by atoms with Crippen LogP contribution in [0.3, 0.4) is 0 Å². The third-order valence-electron chi connectivity index (χ3n) is 7.63. The Kier molecular flexibility index (Phi) is 6.65. The Labute approximate surface area is 205 Å². The Balaban J connectivity index is 1.28. The van der Waals surface area contributed by atoms with Crippen LogP contribution in [0.25, 0.3) is 0 Å². The van der Waals surface area contributed by atoms with Crippen molar-refractivity contribution in [3.8, 4) is 0 Å². The van der Waals surface area contributed by atoms with E-state index in [0.29, 0.717) is 54.7 Å². The van der Waals surface area contributed by atoms with Crippen molar-refractivity contribution in [1.82, 2.24) is 10.2 Å². The zero-order valence-electron chi connectivity index (χ0n) is 19.9. The lowest BCUT2D eigenvalue weighted by Gasteiger charge is -2.37. The maximum absolute atomic E-state index is 15.6. The van der Waals surface area contributed by atoms with E-state index in [1.54, 1.807) is 35.2 Å². The Morgan fingerprint density at radius 2 is 1.80 bits per heavy atom. The fourth-order valence-electron chi connectivity index (χ4n) is 5.18. The van der Waals surface area contributed by atoms with E-state index in [9.17, 15) is 9.59 Å². The summed E-state index contributed by atoms with van der Waals surface area (Å²) in [4.78, 5) is 27.7. The van der Waals surface area contributed by atoms with E-state index >= 15 is 4.39 Å². The number of rotatable bonds is 5. The number of likely N-dealkylation sites (tertiary alicyclic amines) is 1. The van der Waals surface area contributed by atoms with Crippen LogP contribution in [0.5, 0.6) is 0 Å². The third-order valence-corrected chi connectivity index (χ3v) is 7.63. The van der Waals surface area contributed by atoms with E-state index in [0.717, 1.165) is 24.8 Å². The Bertz CT molecular complexity index is 1070. The molecule has 0 unspecified atom stereocenters. The van der Waals surface area contributed by atoms with Gasteiger partial charge in [0.15, 0.2) is 0 Å². The number of nitrogens with two attached hydrogens (primary N) is 1. The first-order valence-corrected chi connectivity index (χ1v) is 12.5. The molecule has 2 aliphatic heterocycles. The summed E-state index contributed by atoms with van der Waals surface area (Å²) in [5.41, 5.74) is 7.73. The maximum atomic E-state index is 15.6. The lowest BCUT2D eigenvalue weighted by atomic mass is 9.79. The first-order valence-electron chi connectivity index (χ1n) is 12.5. The van der Waals surface area contributed by atoms with E-state index < -0.39 is 5.67 Å². The van der Waals surface area contributed by atoms with Crippen LogP contribution in [0.2, 0.25) is 0 Å². The van der Waals surface area contributed by atoms with Crippen LogP contribution in [0, 0.1) is 0 Å². The fourth-order valence-corrected chi connectivity index (χ4v) is 5.18. The lowest BCUT2D eigenvalue weighted by molar-refractivity contribution is 0.0421. The molecule has 3 amide bonds. The third kappa shape index (κ3) is 5.12. The topological polar surface area (TPSA) is 96.7 Å². The predicted octanol–water partition coefficient (Wildman–Crippen LogP) is 4.55. The molecule has 8 heteroatoms. The van der Waals surface area contributed by atoms with Gasteiger partial charge in [0.1, 0.15) is 5.67 Å². The number of nitrogens with one attached hydrogen (secondary N) is 2. The van der Waals surface area contributed by atoms with Crippen LogP contribution in [0.15, 0.2) is 42.5 Å². The number of nitrogens with zero attached hydrogens (tertiary/aromatic N) is 1. The number of amides is 3. The van der Waals surface area contributed by atoms with Gasteiger partial charge in [-0.25, -0.2) is 9.18 Å². The van der Waals surface area contributed by atoms with Crippen molar-refractivity contribution in [2.24, 2.45) is 0 Å². The summed E-state index contributed by atoms with van der Waals surface area (Å²) in [6, 6.07) is 12.2. The van der Waals surface area contributed by atoms with Crippen molar-refractivity contribution >= 4 is 23.3 Å². The van der Waals surface area contributed by atoms with Gasteiger partial charge < -0.3 is 26.0 Å². The molecule has 0 bridgehead atoms. The molecule has 5 rings (SSSR count). The van der Waals surface area contributed by atoms with Gasteiger partial charge in [-0.15, -0.1) is 0 Å². The SMILES string of the molecule is Nc1ccc(C2(F)CCN(C(=O)c3ccc(C4CCC4)c(NC(=O)N[C@@H]4CCOC4)c3)CC2)cc1. The number of halogens is 1. The molecular formula is C27H33FN4O3. The number of nitrogen functional groups attached to an aromatic ring is 1. The molecule has 186 valence electrons. The molecule has 3 fully saturated rings. The van der Waals surface area contributed by atoms with Crippen molar-refractivity contribution in [3.63, 3.8) is 0 Å². The summed E-state index contributed by atoms with van der Waals surface area (Å²) >= 11 is 0. The van der Waals surface area contributed by atoms with E-state index in [4.69, 9.17) is 10.5 Å². The summed E-state index contributed by atoms with van der Waals surface area (Å²) in [7, 11) is 0. The first-order chi connectivity index (χ1) is 16.9. The summed E-state index contributed by atoms with van der Waals surface area (Å²) in [5, 5.41) is 5.93. The number of carbonyl (C=O) groups excluding carboxylic acids is 2. The fraction of sp³-hybridized carbons (Fsp3) is 0.481. The van der Waals surface area contributed by atoms with Gasteiger partial charge in [-0.2, -0.15) is 0 Å². The van der Waals surface area contributed by atoms with Crippen molar-refractivity contribution < 1.29 is 18.7 Å². The summed E-state index contributed by atoms with van der Waals surface area (Å²) in [6.07, 6.45) is 4.59. The number of carbonyl (C=O) groups is 2. The van der Waals surface area contributed by atoms with Crippen molar-refractivity contribution in [2.45, 2.75) is 56.2 Å². The summed E-state index contributed by atoms with van der Waals surface area (Å²) < 4.78 is 20.9. The van der Waals surface area contributed by atoms with Crippen LogP contribution in [-0.2, 0) is 10.4 Å². The molecular weight excluding hydrogens is 447 g/mol. The second-order valence-corrected chi connectivity index (χ2v) is 9.97. The van der Waals surface area contributed by atoms with Crippen LogP contribution in [0.4, 0.5) is 20.6 Å². The van der Waals surface area contributed by atoms with Gasteiger partial charge in [0.2, 0.25) is 0 Å². The number of hydrogen-bond acceptors (Lipinski definition) is 4. The molecule has 0 aromatic heterocycles. The molecule has 1 atom stereocenters. The molecule has 7 nitrogen and oxygen atoms in total. The predicted molar refractivity (Wildman–Crippen MR) is 133 cm³/mol. The van der Waals surface area contributed by atoms with Gasteiger partial charge in [-0.1, -0.05) is 24.6 Å². The van der Waals surface area contributed by atoms with E-state index in [2.05, 4.69) is 10.6 Å². The van der Waals surface area contributed by atoms with Crippen molar-refractivity contribution in [2.75, 3.05) is 37.4 Å². The Morgan fingerprint density at radius 3 is 2.43 bits per heavy atom. The summed E-state index contributed by atoms with van der Waals surface area (Å²) in [6.45, 7) is 1.82. The monoisotopic (exact) mass is 480 g/mol. The van der Waals surface area contributed by atoms with E-state index in [1.165, 1.54) is 6.42 Å². The lowest BCUT2D eigenvalue weighted by Crippen LogP contribution is -2.43.